The lowest BCUT2D eigenvalue weighted by Crippen LogP contribution is -2.55. The van der Waals surface area contributed by atoms with E-state index in [1.807, 2.05) is 6.08 Å². The molecule has 4 aliphatic carbocycles. The molecule has 3 fully saturated rings. The lowest BCUT2D eigenvalue weighted by molar-refractivity contribution is -0.135. The Morgan fingerprint density at radius 3 is 2.54 bits per heavy atom. The van der Waals surface area contributed by atoms with Gasteiger partial charge < -0.3 is 0 Å². The molecule has 0 heterocycles. The summed E-state index contributed by atoms with van der Waals surface area (Å²) >= 11 is 0. The van der Waals surface area contributed by atoms with Crippen molar-refractivity contribution < 1.29 is 9.59 Å². The van der Waals surface area contributed by atoms with Gasteiger partial charge in [0.2, 0.25) is 0 Å². The SMILES string of the molecule is C#C[C@]1(C(C)=O)CC[C@H]2[C@@H]3C[C@H](C)C4=CC(=O)CC[C@]4(C)[C@H]3CC[C@@]21C. The first-order valence-corrected chi connectivity index (χ1v) is 10.4. The van der Waals surface area contributed by atoms with Gasteiger partial charge in [0.25, 0.3) is 0 Å². The summed E-state index contributed by atoms with van der Waals surface area (Å²) in [5, 5.41) is 0. The molecule has 26 heavy (non-hydrogen) atoms. The van der Waals surface area contributed by atoms with Gasteiger partial charge in [-0.2, -0.15) is 0 Å². The molecule has 2 nitrogen and oxygen atoms in total. The fourth-order valence-corrected chi connectivity index (χ4v) is 7.94. The smallest absolute Gasteiger partial charge is 0.155 e. The number of carbonyl (C=O) groups is 2. The fraction of sp³-hybridized carbons (Fsp3) is 0.750. The topological polar surface area (TPSA) is 34.1 Å². The van der Waals surface area contributed by atoms with Crippen LogP contribution < -0.4 is 0 Å². The Kier molecular flexibility index (Phi) is 3.86. The predicted octanol–water partition coefficient (Wildman–Crippen LogP) is 4.97. The third kappa shape index (κ3) is 2.01. The van der Waals surface area contributed by atoms with Crippen molar-refractivity contribution in [1.29, 1.82) is 0 Å². The molecule has 4 rings (SSSR count). The maximum Gasteiger partial charge on any atom is 0.155 e. The van der Waals surface area contributed by atoms with Crippen molar-refractivity contribution in [2.24, 2.45) is 39.9 Å². The van der Waals surface area contributed by atoms with Gasteiger partial charge >= 0.3 is 0 Å². The average molecular weight is 353 g/mol. The molecule has 2 heteroatoms. The zero-order valence-electron chi connectivity index (χ0n) is 16.7. The van der Waals surface area contributed by atoms with Gasteiger partial charge in [0.05, 0.1) is 5.41 Å². The summed E-state index contributed by atoms with van der Waals surface area (Å²) in [4.78, 5) is 24.7. The molecular weight excluding hydrogens is 320 g/mol. The van der Waals surface area contributed by atoms with Crippen molar-refractivity contribution in [2.45, 2.75) is 72.6 Å². The van der Waals surface area contributed by atoms with E-state index in [0.29, 0.717) is 35.9 Å². The van der Waals surface area contributed by atoms with Crippen LogP contribution in [0.5, 0.6) is 0 Å². The van der Waals surface area contributed by atoms with Gasteiger partial charge in [-0.05, 0) is 86.0 Å². The number of hydrogen-bond donors (Lipinski definition) is 0. The molecule has 3 saturated carbocycles. The Labute approximate surface area is 158 Å². The third-order valence-electron chi connectivity index (χ3n) is 9.32. The number of rotatable bonds is 1. The monoisotopic (exact) mass is 352 g/mol. The first kappa shape index (κ1) is 18.0. The van der Waals surface area contributed by atoms with E-state index in [2.05, 4.69) is 26.7 Å². The molecule has 0 N–H and O–H groups in total. The number of fused-ring (bicyclic) bond motifs is 5. The molecular formula is C24H32O2. The van der Waals surface area contributed by atoms with Gasteiger partial charge in [0.15, 0.2) is 5.78 Å². The molecule has 0 aromatic heterocycles. The molecule has 0 bridgehead atoms. The second-order valence-electron chi connectivity index (χ2n) is 10.1. The summed E-state index contributed by atoms with van der Waals surface area (Å²) in [6.07, 6.45) is 14.9. The maximum atomic E-state index is 12.6. The van der Waals surface area contributed by atoms with Crippen molar-refractivity contribution in [3.8, 4) is 12.3 Å². The minimum atomic E-state index is -0.564. The Bertz CT molecular complexity index is 740. The molecule has 0 unspecified atom stereocenters. The number of Topliss-reactive ketones (excluding diaryl/α,β-unsaturated/α-hetero) is 1. The van der Waals surface area contributed by atoms with Gasteiger partial charge in [0, 0.05) is 6.42 Å². The second-order valence-corrected chi connectivity index (χ2v) is 10.1. The van der Waals surface area contributed by atoms with Crippen LogP contribution in [0.3, 0.4) is 0 Å². The van der Waals surface area contributed by atoms with Gasteiger partial charge in [-0.25, -0.2) is 0 Å². The highest BCUT2D eigenvalue weighted by atomic mass is 16.1. The highest BCUT2D eigenvalue weighted by Crippen LogP contribution is 2.70. The van der Waals surface area contributed by atoms with E-state index in [1.54, 1.807) is 6.92 Å². The largest absolute Gasteiger partial charge is 0.298 e. The summed E-state index contributed by atoms with van der Waals surface area (Å²) in [5.41, 5.74) is 0.948. The highest BCUT2D eigenvalue weighted by Gasteiger charge is 2.65. The molecule has 0 saturated heterocycles. The van der Waals surface area contributed by atoms with Crippen molar-refractivity contribution in [3.63, 3.8) is 0 Å². The van der Waals surface area contributed by atoms with Crippen LogP contribution in [0, 0.1) is 52.3 Å². The molecule has 0 spiro atoms. The van der Waals surface area contributed by atoms with Crippen LogP contribution in [-0.2, 0) is 9.59 Å². The van der Waals surface area contributed by atoms with Crippen LogP contribution in [0.1, 0.15) is 72.6 Å². The number of allylic oxidation sites excluding steroid dienone is 1. The number of ketones is 2. The van der Waals surface area contributed by atoms with Gasteiger partial charge in [0.1, 0.15) is 5.78 Å². The van der Waals surface area contributed by atoms with E-state index in [-0.39, 0.29) is 16.6 Å². The van der Waals surface area contributed by atoms with Crippen LogP contribution in [0.15, 0.2) is 11.6 Å². The van der Waals surface area contributed by atoms with Crippen LogP contribution in [0.2, 0.25) is 0 Å². The Hall–Kier alpha value is -1.36. The molecule has 140 valence electrons. The minimum absolute atomic E-state index is 0.0590. The van der Waals surface area contributed by atoms with E-state index >= 15 is 0 Å². The molecule has 4 aliphatic rings. The normalized spacial score (nSPS) is 50.1. The van der Waals surface area contributed by atoms with E-state index < -0.39 is 5.41 Å². The van der Waals surface area contributed by atoms with Gasteiger partial charge in [-0.3, -0.25) is 9.59 Å². The van der Waals surface area contributed by atoms with Crippen molar-refractivity contribution in [1.82, 2.24) is 0 Å². The first-order chi connectivity index (χ1) is 12.2. The van der Waals surface area contributed by atoms with Crippen LogP contribution in [-0.4, -0.2) is 11.6 Å². The lowest BCUT2D eigenvalue weighted by Gasteiger charge is -2.60. The van der Waals surface area contributed by atoms with Crippen LogP contribution in [0.4, 0.5) is 0 Å². The fourth-order valence-electron chi connectivity index (χ4n) is 7.94. The zero-order chi connectivity index (χ0) is 18.9. The van der Waals surface area contributed by atoms with E-state index in [9.17, 15) is 9.59 Å². The maximum absolute atomic E-state index is 12.6. The predicted molar refractivity (Wildman–Crippen MR) is 103 cm³/mol. The van der Waals surface area contributed by atoms with Crippen LogP contribution >= 0.6 is 0 Å². The van der Waals surface area contributed by atoms with Crippen molar-refractivity contribution >= 4 is 11.6 Å². The minimum Gasteiger partial charge on any atom is -0.298 e. The molecule has 0 aromatic carbocycles. The highest BCUT2D eigenvalue weighted by molar-refractivity contribution is 5.91. The lowest BCUT2D eigenvalue weighted by atomic mass is 9.43. The van der Waals surface area contributed by atoms with Gasteiger partial charge in [-0.1, -0.05) is 32.3 Å². The van der Waals surface area contributed by atoms with E-state index in [1.165, 1.54) is 5.57 Å². The Morgan fingerprint density at radius 1 is 1.19 bits per heavy atom. The third-order valence-corrected chi connectivity index (χ3v) is 9.32. The second kappa shape index (κ2) is 5.57. The summed E-state index contributed by atoms with van der Waals surface area (Å²) < 4.78 is 0. The number of carbonyl (C=O) groups excluding carboxylic acids is 2. The van der Waals surface area contributed by atoms with Crippen LogP contribution in [0.25, 0.3) is 0 Å². The molecule has 0 aliphatic heterocycles. The van der Waals surface area contributed by atoms with E-state index in [0.717, 1.165) is 38.5 Å². The summed E-state index contributed by atoms with van der Waals surface area (Å²) in [6, 6.07) is 0. The average Bonchev–Trinajstić information content (AvgIpc) is 2.90. The standard InChI is InChI=1S/C24H32O2/c1-6-24(16(3)25)12-9-20-18-13-15(2)21-14-17(26)7-10-22(21,4)19(18)8-11-23(20,24)5/h1,14-15,18-20H,7-13H2,2-5H3/t15-,18+,19-,20-,22+,23-,24+/m0/s1. The van der Waals surface area contributed by atoms with E-state index in [4.69, 9.17) is 6.42 Å². The molecule has 7 atom stereocenters. The number of terminal acetylenes is 1. The first-order valence-electron chi connectivity index (χ1n) is 10.4. The zero-order valence-corrected chi connectivity index (χ0v) is 16.7. The Balaban J connectivity index is 1.75. The summed E-state index contributed by atoms with van der Waals surface area (Å²) in [5.74, 6) is 5.77. The van der Waals surface area contributed by atoms with Crippen molar-refractivity contribution in [3.05, 3.63) is 11.6 Å². The molecule has 0 aromatic rings. The molecule has 0 radical (unpaired) electrons. The Morgan fingerprint density at radius 2 is 1.88 bits per heavy atom. The molecule has 0 amide bonds. The summed E-state index contributed by atoms with van der Waals surface area (Å²) in [6.45, 7) is 8.73. The van der Waals surface area contributed by atoms with Gasteiger partial charge in [-0.15, -0.1) is 6.42 Å². The number of hydrogen-bond acceptors (Lipinski definition) is 2. The quantitative estimate of drug-likeness (QED) is 0.624. The van der Waals surface area contributed by atoms with Crippen molar-refractivity contribution in [2.75, 3.05) is 0 Å². The summed E-state index contributed by atoms with van der Waals surface area (Å²) in [7, 11) is 0.